The Balaban J connectivity index is 1.58. The monoisotopic (exact) mass is 490 g/mol. The number of ether oxygens (including phenoxy) is 2. The number of aromatic nitrogens is 2. The Labute approximate surface area is 205 Å². The Morgan fingerprint density at radius 3 is 2.64 bits per heavy atom. The predicted octanol–water partition coefficient (Wildman–Crippen LogP) is 3.78. The number of rotatable bonds is 7. The fraction of sp³-hybridized carbons (Fsp3) is 0.185. The molecule has 1 aromatic heterocycles. The zero-order valence-electron chi connectivity index (χ0n) is 19.0. The molecule has 0 radical (unpaired) electrons. The minimum atomic E-state index is -1.19. The van der Waals surface area contributed by atoms with Crippen LogP contribution in [0.4, 0.5) is 4.39 Å². The molecule has 2 heterocycles. The third kappa shape index (κ3) is 4.65. The van der Waals surface area contributed by atoms with E-state index in [1.165, 1.54) is 18.2 Å². The van der Waals surface area contributed by atoms with E-state index in [2.05, 4.69) is 9.97 Å². The Morgan fingerprint density at radius 2 is 1.86 bits per heavy atom. The van der Waals surface area contributed by atoms with Crippen molar-refractivity contribution in [3.8, 4) is 0 Å². The van der Waals surface area contributed by atoms with E-state index in [1.54, 1.807) is 42.5 Å². The largest absolute Gasteiger partial charge is 0.506 e. The molecule has 1 aliphatic rings. The van der Waals surface area contributed by atoms with E-state index in [-0.39, 0.29) is 29.3 Å². The van der Waals surface area contributed by atoms with Crippen LogP contribution < -0.4 is 0 Å². The van der Waals surface area contributed by atoms with Crippen LogP contribution in [0.2, 0.25) is 0 Å². The molecule has 5 rings (SSSR count). The molecule has 1 saturated heterocycles. The number of para-hydroxylation sites is 2. The van der Waals surface area contributed by atoms with Crippen molar-refractivity contribution in [2.24, 2.45) is 0 Å². The van der Waals surface area contributed by atoms with Crippen LogP contribution in [0.15, 0.2) is 72.8 Å². The first kappa shape index (κ1) is 23.8. The molecule has 1 aliphatic heterocycles. The van der Waals surface area contributed by atoms with Crippen LogP contribution >= 0.6 is 0 Å². The summed E-state index contributed by atoms with van der Waals surface area (Å²) >= 11 is 0. The number of aliphatic hydroxyl groups is 3. The van der Waals surface area contributed by atoms with Gasteiger partial charge in [0.05, 0.1) is 24.2 Å². The number of aromatic amines is 1. The lowest BCUT2D eigenvalue weighted by Crippen LogP contribution is -2.30. The van der Waals surface area contributed by atoms with E-state index < -0.39 is 36.7 Å². The minimum Gasteiger partial charge on any atom is -0.506 e. The van der Waals surface area contributed by atoms with Crippen LogP contribution in [0.25, 0.3) is 22.4 Å². The van der Waals surface area contributed by atoms with Crippen LogP contribution in [0.1, 0.15) is 33.4 Å². The van der Waals surface area contributed by atoms with Crippen molar-refractivity contribution in [3.05, 3.63) is 101 Å². The van der Waals surface area contributed by atoms with Gasteiger partial charge in [-0.2, -0.15) is 0 Å². The fourth-order valence-electron chi connectivity index (χ4n) is 4.09. The first-order chi connectivity index (χ1) is 17.4. The Bertz CT molecular complexity index is 1420. The molecule has 4 N–H and O–H groups in total. The van der Waals surface area contributed by atoms with E-state index in [9.17, 15) is 19.4 Å². The smallest absolute Gasteiger partial charge is 0.200 e. The number of H-pyrrole nitrogens is 1. The molecule has 0 aliphatic carbocycles. The number of nitrogens with one attached hydrogen (secondary N) is 1. The van der Waals surface area contributed by atoms with Crippen molar-refractivity contribution in [3.63, 3.8) is 0 Å². The normalized spacial score (nSPS) is 19.3. The van der Waals surface area contributed by atoms with Gasteiger partial charge in [0.15, 0.2) is 6.29 Å². The number of nitrogens with zero attached hydrogens (tertiary/aromatic N) is 1. The summed E-state index contributed by atoms with van der Waals surface area (Å²) in [6.07, 6.45) is -2.72. The van der Waals surface area contributed by atoms with Crippen molar-refractivity contribution >= 4 is 28.1 Å². The number of ketones is 1. The quantitative estimate of drug-likeness (QED) is 0.177. The minimum absolute atomic E-state index is 0.0570. The molecule has 0 amide bonds. The molecule has 3 atom stereocenters. The van der Waals surface area contributed by atoms with Crippen molar-refractivity contribution in [1.82, 2.24) is 9.97 Å². The highest BCUT2D eigenvalue weighted by Crippen LogP contribution is 2.32. The van der Waals surface area contributed by atoms with E-state index in [1.807, 2.05) is 6.07 Å². The molecule has 0 bridgehead atoms. The van der Waals surface area contributed by atoms with Crippen LogP contribution in [0, 0.1) is 5.82 Å². The Hall–Kier alpha value is -3.89. The standard InChI is InChI=1S/C27H23FN2O6/c28-18-8-4-7-17(12-18)25(34)23(26-29-19-9-1-2-10-20(19)30-26)24(33)16-6-3-5-15(11-16)22-14-35-27(36-22)21(32)13-31/h1-12,21-22,27,31-33H,13-14H2,(H,29,30). The number of aliphatic hydroxyl groups excluding tert-OH is 3. The second-order valence-corrected chi connectivity index (χ2v) is 8.37. The molecule has 8 nitrogen and oxygen atoms in total. The number of carbonyl (C=O) groups is 1. The Morgan fingerprint density at radius 1 is 1.08 bits per heavy atom. The lowest BCUT2D eigenvalue weighted by Gasteiger charge is -2.16. The highest BCUT2D eigenvalue weighted by Gasteiger charge is 2.32. The van der Waals surface area contributed by atoms with Gasteiger partial charge in [0, 0.05) is 11.1 Å². The lowest BCUT2D eigenvalue weighted by molar-refractivity contribution is -0.142. The zero-order valence-corrected chi connectivity index (χ0v) is 19.0. The Kier molecular flexibility index (Phi) is 6.62. The second kappa shape index (κ2) is 10.00. The van der Waals surface area contributed by atoms with Gasteiger partial charge in [-0.3, -0.25) is 4.79 Å². The van der Waals surface area contributed by atoms with Crippen LogP contribution in [0.5, 0.6) is 0 Å². The van der Waals surface area contributed by atoms with Gasteiger partial charge in [0.25, 0.3) is 0 Å². The van der Waals surface area contributed by atoms with E-state index >= 15 is 0 Å². The summed E-state index contributed by atoms with van der Waals surface area (Å²) in [4.78, 5) is 21.1. The van der Waals surface area contributed by atoms with Gasteiger partial charge < -0.3 is 29.8 Å². The average molecular weight is 490 g/mol. The molecule has 184 valence electrons. The maximum atomic E-state index is 13.9. The molecule has 0 saturated carbocycles. The molecular formula is C27H23FN2O6. The van der Waals surface area contributed by atoms with Gasteiger partial charge in [0.2, 0.25) is 5.78 Å². The van der Waals surface area contributed by atoms with Crippen LogP contribution in [0.3, 0.4) is 0 Å². The summed E-state index contributed by atoms with van der Waals surface area (Å²) < 4.78 is 25.0. The van der Waals surface area contributed by atoms with Crippen molar-refractivity contribution in [2.75, 3.05) is 13.2 Å². The molecule has 1 fully saturated rings. The van der Waals surface area contributed by atoms with Gasteiger partial charge in [-0.05, 0) is 35.9 Å². The van der Waals surface area contributed by atoms with Gasteiger partial charge in [0.1, 0.15) is 35.2 Å². The maximum absolute atomic E-state index is 13.9. The molecule has 9 heteroatoms. The number of benzene rings is 3. The van der Waals surface area contributed by atoms with Crippen LogP contribution in [-0.2, 0) is 9.47 Å². The predicted molar refractivity (Wildman–Crippen MR) is 129 cm³/mol. The number of Topliss-reactive ketones (excluding diaryl/α,β-unsaturated/α-hetero) is 1. The molecule has 3 aromatic carbocycles. The first-order valence-electron chi connectivity index (χ1n) is 11.3. The van der Waals surface area contributed by atoms with Crippen molar-refractivity contribution < 1.29 is 34.0 Å². The van der Waals surface area contributed by atoms with Crippen molar-refractivity contribution in [2.45, 2.75) is 18.5 Å². The number of imidazole rings is 1. The topological polar surface area (TPSA) is 125 Å². The van der Waals surface area contributed by atoms with E-state index in [0.29, 0.717) is 22.2 Å². The SMILES string of the molecule is O=C(C(=C(O)c1cccc(C2COC(C(O)CO)O2)c1)c1nc2ccccc2[nH]1)c1cccc(F)c1. The molecule has 0 spiro atoms. The van der Waals surface area contributed by atoms with E-state index in [0.717, 1.165) is 6.07 Å². The lowest BCUT2D eigenvalue weighted by atomic mass is 9.97. The summed E-state index contributed by atoms with van der Waals surface area (Å²) in [7, 11) is 0. The molecular weight excluding hydrogens is 467 g/mol. The number of hydrogen-bond donors (Lipinski definition) is 4. The van der Waals surface area contributed by atoms with Gasteiger partial charge >= 0.3 is 0 Å². The first-order valence-corrected chi connectivity index (χ1v) is 11.3. The highest BCUT2D eigenvalue weighted by molar-refractivity contribution is 6.33. The third-order valence-electron chi connectivity index (χ3n) is 5.92. The van der Waals surface area contributed by atoms with Gasteiger partial charge in [-0.25, -0.2) is 9.37 Å². The second-order valence-electron chi connectivity index (χ2n) is 8.37. The summed E-state index contributed by atoms with van der Waals surface area (Å²) in [5, 5.41) is 30.3. The molecule has 36 heavy (non-hydrogen) atoms. The van der Waals surface area contributed by atoms with Gasteiger partial charge in [-0.1, -0.05) is 42.5 Å². The number of hydrogen-bond acceptors (Lipinski definition) is 7. The zero-order chi connectivity index (χ0) is 25.2. The highest BCUT2D eigenvalue weighted by atomic mass is 19.1. The number of fused-ring (bicyclic) bond motifs is 1. The van der Waals surface area contributed by atoms with Crippen molar-refractivity contribution in [1.29, 1.82) is 0 Å². The summed E-state index contributed by atoms with van der Waals surface area (Å²) in [6.45, 7) is -0.377. The maximum Gasteiger partial charge on any atom is 0.200 e. The summed E-state index contributed by atoms with van der Waals surface area (Å²) in [5.74, 6) is -1.40. The fourth-order valence-corrected chi connectivity index (χ4v) is 4.09. The number of carbonyl (C=O) groups excluding carboxylic acids is 1. The summed E-state index contributed by atoms with van der Waals surface area (Å²) in [5.41, 5.74) is 2.15. The molecule has 4 aromatic rings. The average Bonchev–Trinajstić information content (AvgIpc) is 3.56. The molecule has 3 unspecified atom stereocenters. The number of halogens is 1. The third-order valence-corrected chi connectivity index (χ3v) is 5.92. The summed E-state index contributed by atoms with van der Waals surface area (Å²) in [6, 6.07) is 19.1. The van der Waals surface area contributed by atoms with Crippen LogP contribution in [-0.4, -0.2) is 56.7 Å². The van der Waals surface area contributed by atoms with Gasteiger partial charge in [-0.15, -0.1) is 0 Å². The number of allylic oxidation sites excluding steroid dienone is 1. The van der Waals surface area contributed by atoms with E-state index in [4.69, 9.17) is 14.6 Å².